The number of pyridine rings is 1. The minimum Gasteiger partial charge on any atom is -0.491 e. The Morgan fingerprint density at radius 1 is 1.25 bits per heavy atom. The van der Waals surface area contributed by atoms with E-state index >= 15 is 0 Å². The van der Waals surface area contributed by atoms with Gasteiger partial charge in [-0.2, -0.15) is 0 Å². The molecule has 0 unspecified atom stereocenters. The highest BCUT2D eigenvalue weighted by Crippen LogP contribution is 2.23. The second-order valence-corrected chi connectivity index (χ2v) is 5.01. The van der Waals surface area contributed by atoms with E-state index in [0.717, 1.165) is 17.0 Å². The minimum atomic E-state index is -0.0554. The Kier molecular flexibility index (Phi) is 4.25. The summed E-state index contributed by atoms with van der Waals surface area (Å²) in [4.78, 5) is 12.1. The Morgan fingerprint density at radius 2 is 2.00 bits per heavy atom. The van der Waals surface area contributed by atoms with Crippen molar-refractivity contribution >= 4 is 0 Å². The van der Waals surface area contributed by atoms with E-state index in [0.29, 0.717) is 5.56 Å². The summed E-state index contributed by atoms with van der Waals surface area (Å²) in [6, 6.07) is 11.4. The summed E-state index contributed by atoms with van der Waals surface area (Å²) in [6.07, 6.45) is 0.119. The molecule has 0 fully saturated rings. The molecule has 0 aliphatic carbocycles. The fourth-order valence-corrected chi connectivity index (χ4v) is 2.13. The highest BCUT2D eigenvalue weighted by Gasteiger charge is 2.08. The first-order chi connectivity index (χ1) is 9.52. The van der Waals surface area contributed by atoms with Crippen molar-refractivity contribution in [2.45, 2.75) is 26.5 Å². The molecule has 0 saturated heterocycles. The van der Waals surface area contributed by atoms with Crippen LogP contribution in [0.4, 0.5) is 0 Å². The third kappa shape index (κ3) is 2.91. The first-order valence-electron chi connectivity index (χ1n) is 6.69. The molecule has 0 spiro atoms. The van der Waals surface area contributed by atoms with Gasteiger partial charge in [0.1, 0.15) is 5.75 Å². The van der Waals surface area contributed by atoms with Gasteiger partial charge in [-0.15, -0.1) is 0 Å². The SMILES string of the molecule is CC(C)Oc1cccc(-c2ccc(CN)c(=O)n2C)c1. The molecule has 4 nitrogen and oxygen atoms in total. The van der Waals surface area contributed by atoms with E-state index in [9.17, 15) is 4.79 Å². The van der Waals surface area contributed by atoms with Gasteiger partial charge in [0.05, 0.1) is 11.8 Å². The Morgan fingerprint density at radius 3 is 2.65 bits per heavy atom. The maximum absolute atomic E-state index is 12.1. The molecule has 0 aliphatic heterocycles. The van der Waals surface area contributed by atoms with Crippen molar-refractivity contribution in [1.82, 2.24) is 4.57 Å². The van der Waals surface area contributed by atoms with Crippen LogP contribution in [0.25, 0.3) is 11.3 Å². The van der Waals surface area contributed by atoms with Crippen LogP contribution in [0.15, 0.2) is 41.2 Å². The quantitative estimate of drug-likeness (QED) is 0.929. The summed E-state index contributed by atoms with van der Waals surface area (Å²) in [5, 5.41) is 0. The normalized spacial score (nSPS) is 10.8. The fraction of sp³-hybridized carbons (Fsp3) is 0.312. The van der Waals surface area contributed by atoms with Crippen LogP contribution >= 0.6 is 0 Å². The Balaban J connectivity index is 2.47. The van der Waals surface area contributed by atoms with Crippen LogP contribution in [0, 0.1) is 0 Å². The van der Waals surface area contributed by atoms with E-state index in [1.54, 1.807) is 17.7 Å². The van der Waals surface area contributed by atoms with Gasteiger partial charge in [-0.05, 0) is 32.0 Å². The molecular weight excluding hydrogens is 252 g/mol. The molecule has 1 heterocycles. The van der Waals surface area contributed by atoms with Crippen molar-refractivity contribution in [3.63, 3.8) is 0 Å². The average Bonchev–Trinajstić information content (AvgIpc) is 2.41. The van der Waals surface area contributed by atoms with Crippen LogP contribution in [0.5, 0.6) is 5.75 Å². The standard InChI is InChI=1S/C16H20N2O2/c1-11(2)20-14-6-4-5-12(9-14)15-8-7-13(10-17)16(19)18(15)3/h4-9,11H,10,17H2,1-3H3. The monoisotopic (exact) mass is 272 g/mol. The van der Waals surface area contributed by atoms with Gasteiger partial charge in [0, 0.05) is 24.7 Å². The molecule has 1 aromatic carbocycles. The highest BCUT2D eigenvalue weighted by molar-refractivity contribution is 5.61. The third-order valence-electron chi connectivity index (χ3n) is 3.10. The van der Waals surface area contributed by atoms with Gasteiger partial charge in [0.2, 0.25) is 0 Å². The first-order valence-corrected chi connectivity index (χ1v) is 6.69. The summed E-state index contributed by atoms with van der Waals surface area (Å²) >= 11 is 0. The van der Waals surface area contributed by atoms with E-state index in [4.69, 9.17) is 10.5 Å². The van der Waals surface area contributed by atoms with Gasteiger partial charge in [-0.3, -0.25) is 4.79 Å². The molecule has 2 aromatic rings. The van der Waals surface area contributed by atoms with E-state index < -0.39 is 0 Å². The molecule has 2 rings (SSSR count). The van der Waals surface area contributed by atoms with Crippen molar-refractivity contribution < 1.29 is 4.74 Å². The number of aromatic nitrogens is 1. The number of benzene rings is 1. The summed E-state index contributed by atoms with van der Waals surface area (Å²) in [5.41, 5.74) is 7.91. The summed E-state index contributed by atoms with van der Waals surface area (Å²) in [6.45, 7) is 4.22. The maximum atomic E-state index is 12.1. The number of rotatable bonds is 4. The van der Waals surface area contributed by atoms with Crippen LogP contribution in [0.2, 0.25) is 0 Å². The van der Waals surface area contributed by atoms with E-state index in [1.807, 2.05) is 44.2 Å². The molecule has 4 heteroatoms. The van der Waals surface area contributed by atoms with Gasteiger partial charge >= 0.3 is 0 Å². The number of ether oxygens (including phenoxy) is 1. The van der Waals surface area contributed by atoms with E-state index in [-0.39, 0.29) is 18.2 Å². The van der Waals surface area contributed by atoms with Crippen molar-refractivity contribution in [2.24, 2.45) is 12.8 Å². The lowest BCUT2D eigenvalue weighted by molar-refractivity contribution is 0.242. The predicted molar refractivity (Wildman–Crippen MR) is 80.8 cm³/mol. The zero-order valence-electron chi connectivity index (χ0n) is 12.1. The lowest BCUT2D eigenvalue weighted by Crippen LogP contribution is -2.23. The zero-order chi connectivity index (χ0) is 14.7. The maximum Gasteiger partial charge on any atom is 0.255 e. The molecule has 0 amide bonds. The molecule has 106 valence electrons. The highest BCUT2D eigenvalue weighted by atomic mass is 16.5. The Labute approximate surface area is 118 Å². The number of hydrogen-bond acceptors (Lipinski definition) is 3. The summed E-state index contributed by atoms with van der Waals surface area (Å²) in [5.74, 6) is 0.799. The summed E-state index contributed by atoms with van der Waals surface area (Å²) < 4.78 is 7.31. The molecule has 0 bridgehead atoms. The largest absolute Gasteiger partial charge is 0.491 e. The fourth-order valence-electron chi connectivity index (χ4n) is 2.13. The molecule has 0 radical (unpaired) electrons. The van der Waals surface area contributed by atoms with Crippen molar-refractivity contribution in [2.75, 3.05) is 0 Å². The zero-order valence-corrected chi connectivity index (χ0v) is 12.1. The van der Waals surface area contributed by atoms with Crippen molar-refractivity contribution in [1.29, 1.82) is 0 Å². The van der Waals surface area contributed by atoms with Crippen LogP contribution in [0.1, 0.15) is 19.4 Å². The summed E-state index contributed by atoms with van der Waals surface area (Å²) in [7, 11) is 1.76. The first kappa shape index (κ1) is 14.3. The number of nitrogens with zero attached hydrogens (tertiary/aromatic N) is 1. The molecule has 0 atom stereocenters. The Bertz CT molecular complexity index is 660. The molecule has 1 aromatic heterocycles. The molecule has 0 saturated carbocycles. The molecule has 20 heavy (non-hydrogen) atoms. The molecular formula is C16H20N2O2. The second kappa shape index (κ2) is 5.92. The average molecular weight is 272 g/mol. The van der Waals surface area contributed by atoms with Crippen LogP contribution in [0.3, 0.4) is 0 Å². The van der Waals surface area contributed by atoms with Crippen molar-refractivity contribution in [3.05, 3.63) is 52.3 Å². The van der Waals surface area contributed by atoms with Gasteiger partial charge in [0.25, 0.3) is 5.56 Å². The topological polar surface area (TPSA) is 57.2 Å². The molecule has 0 aliphatic rings. The molecule has 2 N–H and O–H groups in total. The van der Waals surface area contributed by atoms with E-state index in [1.165, 1.54) is 0 Å². The van der Waals surface area contributed by atoms with Gasteiger partial charge < -0.3 is 15.0 Å². The second-order valence-electron chi connectivity index (χ2n) is 5.01. The third-order valence-corrected chi connectivity index (χ3v) is 3.10. The smallest absolute Gasteiger partial charge is 0.255 e. The number of hydrogen-bond donors (Lipinski definition) is 1. The van der Waals surface area contributed by atoms with Crippen molar-refractivity contribution in [3.8, 4) is 17.0 Å². The Hall–Kier alpha value is -2.07. The van der Waals surface area contributed by atoms with Gasteiger partial charge in [-0.25, -0.2) is 0 Å². The van der Waals surface area contributed by atoms with E-state index in [2.05, 4.69) is 0 Å². The lowest BCUT2D eigenvalue weighted by atomic mass is 10.1. The van der Waals surface area contributed by atoms with Crippen LogP contribution in [-0.2, 0) is 13.6 Å². The van der Waals surface area contributed by atoms with Crippen LogP contribution < -0.4 is 16.0 Å². The lowest BCUT2D eigenvalue weighted by Gasteiger charge is -2.13. The number of nitrogens with two attached hydrogens (primary N) is 1. The van der Waals surface area contributed by atoms with Crippen LogP contribution in [-0.4, -0.2) is 10.7 Å². The van der Waals surface area contributed by atoms with Gasteiger partial charge in [0.15, 0.2) is 0 Å². The minimum absolute atomic E-state index is 0.0554. The predicted octanol–water partition coefficient (Wildman–Crippen LogP) is 2.30. The van der Waals surface area contributed by atoms with Gasteiger partial charge in [-0.1, -0.05) is 18.2 Å².